The standard InChI is InChI=1S/C19H25N3O2.ClH/c1-14-10-22(12-17(14)20)11-16-3-4-18(19(9-16)23-2)24-13-15-5-7-21-8-6-15;/h3-9,14,17H,10-13,20H2,1-2H3;1H. The van der Waals surface area contributed by atoms with Crippen LogP contribution in [0.25, 0.3) is 0 Å². The van der Waals surface area contributed by atoms with Gasteiger partial charge in [0, 0.05) is 38.1 Å². The first-order valence-corrected chi connectivity index (χ1v) is 8.32. The van der Waals surface area contributed by atoms with Crippen molar-refractivity contribution in [2.24, 2.45) is 11.7 Å². The molecule has 2 heterocycles. The van der Waals surface area contributed by atoms with Crippen LogP contribution < -0.4 is 15.2 Å². The first kappa shape index (κ1) is 19.5. The molecule has 1 aromatic carbocycles. The van der Waals surface area contributed by atoms with Crippen LogP contribution >= 0.6 is 12.4 Å². The third kappa shape index (κ3) is 5.08. The maximum Gasteiger partial charge on any atom is 0.161 e. The van der Waals surface area contributed by atoms with Gasteiger partial charge in [0.15, 0.2) is 11.5 Å². The lowest BCUT2D eigenvalue weighted by Crippen LogP contribution is -2.28. The zero-order valence-electron chi connectivity index (χ0n) is 14.7. The molecule has 2 N–H and O–H groups in total. The Balaban J connectivity index is 0.00000225. The molecule has 0 bridgehead atoms. The Labute approximate surface area is 155 Å². The van der Waals surface area contributed by atoms with Gasteiger partial charge in [-0.25, -0.2) is 0 Å². The molecule has 0 saturated carbocycles. The van der Waals surface area contributed by atoms with Crippen molar-refractivity contribution >= 4 is 12.4 Å². The lowest BCUT2D eigenvalue weighted by atomic mass is 10.1. The number of halogens is 1. The number of aromatic nitrogens is 1. The average molecular weight is 364 g/mol. The SMILES string of the molecule is COc1cc(CN2CC(C)C(N)C2)ccc1OCc1ccncc1.Cl. The Morgan fingerprint density at radius 3 is 2.52 bits per heavy atom. The molecule has 1 aromatic heterocycles. The molecule has 0 amide bonds. The van der Waals surface area contributed by atoms with Gasteiger partial charge in [-0.3, -0.25) is 9.88 Å². The molecule has 1 aliphatic rings. The number of benzene rings is 1. The van der Waals surface area contributed by atoms with Gasteiger partial charge in [-0.1, -0.05) is 13.0 Å². The predicted molar refractivity (Wildman–Crippen MR) is 101 cm³/mol. The summed E-state index contributed by atoms with van der Waals surface area (Å²) >= 11 is 0. The number of hydrogen-bond acceptors (Lipinski definition) is 5. The van der Waals surface area contributed by atoms with Gasteiger partial charge in [-0.05, 0) is 41.3 Å². The molecule has 0 radical (unpaired) electrons. The van der Waals surface area contributed by atoms with Crippen LogP contribution in [0.3, 0.4) is 0 Å². The Hall–Kier alpha value is -1.82. The van der Waals surface area contributed by atoms with Gasteiger partial charge in [0.1, 0.15) is 6.61 Å². The van der Waals surface area contributed by atoms with Gasteiger partial charge in [0.25, 0.3) is 0 Å². The summed E-state index contributed by atoms with van der Waals surface area (Å²) in [5.74, 6) is 2.07. The van der Waals surface area contributed by atoms with E-state index in [0.717, 1.165) is 36.7 Å². The minimum atomic E-state index is 0. The smallest absolute Gasteiger partial charge is 0.161 e. The third-order valence-electron chi connectivity index (χ3n) is 4.52. The van der Waals surface area contributed by atoms with E-state index >= 15 is 0 Å². The molecule has 3 rings (SSSR count). The minimum absolute atomic E-state index is 0. The van der Waals surface area contributed by atoms with Gasteiger partial charge in [0.05, 0.1) is 7.11 Å². The van der Waals surface area contributed by atoms with Crippen molar-refractivity contribution in [1.82, 2.24) is 9.88 Å². The van der Waals surface area contributed by atoms with Crippen LogP contribution in [0.5, 0.6) is 11.5 Å². The molecule has 2 unspecified atom stereocenters. The number of ether oxygens (including phenoxy) is 2. The lowest BCUT2D eigenvalue weighted by molar-refractivity contribution is 0.282. The highest BCUT2D eigenvalue weighted by molar-refractivity contribution is 5.85. The molecular weight excluding hydrogens is 338 g/mol. The minimum Gasteiger partial charge on any atom is -0.493 e. The molecule has 2 atom stereocenters. The molecular formula is C19H26ClN3O2. The van der Waals surface area contributed by atoms with Crippen LogP contribution in [0.1, 0.15) is 18.1 Å². The normalized spacial score (nSPS) is 20.1. The van der Waals surface area contributed by atoms with E-state index in [1.807, 2.05) is 18.2 Å². The number of hydrogen-bond donors (Lipinski definition) is 1. The monoisotopic (exact) mass is 363 g/mol. The summed E-state index contributed by atoms with van der Waals surface area (Å²) in [5, 5.41) is 0. The summed E-state index contributed by atoms with van der Waals surface area (Å²) in [6.45, 7) is 5.59. The first-order valence-electron chi connectivity index (χ1n) is 8.32. The molecule has 6 heteroatoms. The largest absolute Gasteiger partial charge is 0.493 e. The Morgan fingerprint density at radius 2 is 1.88 bits per heavy atom. The number of likely N-dealkylation sites (tertiary alicyclic amines) is 1. The van der Waals surface area contributed by atoms with E-state index in [0.29, 0.717) is 12.5 Å². The van der Waals surface area contributed by atoms with Crippen molar-refractivity contribution in [3.63, 3.8) is 0 Å². The highest BCUT2D eigenvalue weighted by Crippen LogP contribution is 2.30. The van der Waals surface area contributed by atoms with Crippen LogP contribution in [0.2, 0.25) is 0 Å². The lowest BCUT2D eigenvalue weighted by Gasteiger charge is -2.17. The second-order valence-electron chi connectivity index (χ2n) is 6.46. The van der Waals surface area contributed by atoms with E-state index in [2.05, 4.69) is 28.9 Å². The van der Waals surface area contributed by atoms with E-state index in [1.54, 1.807) is 19.5 Å². The molecule has 136 valence electrons. The van der Waals surface area contributed by atoms with Gasteiger partial charge in [0.2, 0.25) is 0 Å². The molecule has 5 nitrogen and oxygen atoms in total. The molecule has 0 aliphatic carbocycles. The molecule has 0 spiro atoms. The molecule has 1 saturated heterocycles. The van der Waals surface area contributed by atoms with Crippen LogP contribution in [0, 0.1) is 5.92 Å². The zero-order valence-corrected chi connectivity index (χ0v) is 15.5. The van der Waals surface area contributed by atoms with Crippen molar-refractivity contribution in [1.29, 1.82) is 0 Å². The summed E-state index contributed by atoms with van der Waals surface area (Å²) in [6, 6.07) is 10.3. The van der Waals surface area contributed by atoms with Crippen molar-refractivity contribution in [2.75, 3.05) is 20.2 Å². The van der Waals surface area contributed by atoms with Crippen molar-refractivity contribution < 1.29 is 9.47 Å². The molecule has 1 aliphatic heterocycles. The maximum atomic E-state index is 6.11. The van der Waals surface area contributed by atoms with E-state index in [9.17, 15) is 0 Å². The van der Waals surface area contributed by atoms with E-state index in [-0.39, 0.29) is 18.4 Å². The molecule has 2 aromatic rings. The summed E-state index contributed by atoms with van der Waals surface area (Å²) in [4.78, 5) is 6.40. The van der Waals surface area contributed by atoms with Crippen molar-refractivity contribution in [2.45, 2.75) is 26.1 Å². The Kier molecular flexibility index (Phi) is 7.05. The van der Waals surface area contributed by atoms with Crippen molar-refractivity contribution in [3.8, 4) is 11.5 Å². The summed E-state index contributed by atoms with van der Waals surface area (Å²) < 4.78 is 11.4. The van der Waals surface area contributed by atoms with Crippen LogP contribution in [0.15, 0.2) is 42.7 Å². The number of methoxy groups -OCH3 is 1. The highest BCUT2D eigenvalue weighted by atomic mass is 35.5. The second-order valence-corrected chi connectivity index (χ2v) is 6.46. The quantitative estimate of drug-likeness (QED) is 0.855. The summed E-state index contributed by atoms with van der Waals surface area (Å²) in [5.41, 5.74) is 8.40. The van der Waals surface area contributed by atoms with Crippen LogP contribution in [-0.2, 0) is 13.2 Å². The first-order chi connectivity index (χ1) is 11.7. The van der Waals surface area contributed by atoms with Gasteiger partial charge in [-0.2, -0.15) is 0 Å². The summed E-state index contributed by atoms with van der Waals surface area (Å²) in [6.07, 6.45) is 3.53. The fourth-order valence-electron chi connectivity index (χ4n) is 3.05. The van der Waals surface area contributed by atoms with Crippen molar-refractivity contribution in [3.05, 3.63) is 53.9 Å². The number of nitrogens with two attached hydrogens (primary N) is 1. The van der Waals surface area contributed by atoms with Crippen LogP contribution in [-0.4, -0.2) is 36.1 Å². The fraction of sp³-hybridized carbons (Fsp3) is 0.421. The predicted octanol–water partition coefficient (Wildman–Crippen LogP) is 2.87. The molecule has 25 heavy (non-hydrogen) atoms. The van der Waals surface area contributed by atoms with Crippen LogP contribution in [0.4, 0.5) is 0 Å². The van der Waals surface area contributed by atoms with E-state index in [4.69, 9.17) is 15.2 Å². The van der Waals surface area contributed by atoms with Gasteiger partial charge < -0.3 is 15.2 Å². The average Bonchev–Trinajstić information content (AvgIpc) is 2.92. The second kappa shape index (κ2) is 9.04. The highest BCUT2D eigenvalue weighted by Gasteiger charge is 2.26. The van der Waals surface area contributed by atoms with Gasteiger partial charge in [-0.15, -0.1) is 12.4 Å². The third-order valence-corrected chi connectivity index (χ3v) is 4.52. The number of nitrogens with zero attached hydrogens (tertiary/aromatic N) is 2. The Morgan fingerprint density at radius 1 is 1.12 bits per heavy atom. The van der Waals surface area contributed by atoms with E-state index < -0.39 is 0 Å². The van der Waals surface area contributed by atoms with E-state index in [1.165, 1.54) is 5.56 Å². The summed E-state index contributed by atoms with van der Waals surface area (Å²) in [7, 11) is 1.67. The topological polar surface area (TPSA) is 60.6 Å². The maximum absolute atomic E-state index is 6.11. The number of rotatable bonds is 6. The van der Waals surface area contributed by atoms with Gasteiger partial charge >= 0.3 is 0 Å². The molecule has 1 fully saturated rings. The fourth-order valence-corrected chi connectivity index (χ4v) is 3.05. The zero-order chi connectivity index (χ0) is 16.9. The number of pyridine rings is 1. The Bertz CT molecular complexity index is 659.